The Hall–Kier alpha value is -1.53. The van der Waals surface area contributed by atoms with E-state index in [-0.39, 0.29) is 5.15 Å². The Labute approximate surface area is 115 Å². The summed E-state index contributed by atoms with van der Waals surface area (Å²) in [6.45, 7) is 0. The van der Waals surface area contributed by atoms with Gasteiger partial charge in [0.2, 0.25) is 0 Å². The monoisotopic (exact) mass is 330 g/mol. The second-order valence-electron chi connectivity index (χ2n) is 3.41. The molecule has 0 radical (unpaired) electrons. The minimum atomic E-state index is -0.610. The molecule has 0 fully saturated rings. The van der Waals surface area contributed by atoms with Gasteiger partial charge in [-0.05, 0) is 28.1 Å². The van der Waals surface area contributed by atoms with E-state index < -0.39 is 11.2 Å². The van der Waals surface area contributed by atoms with Crippen LogP contribution < -0.4 is 16.0 Å². The molecule has 94 valence electrons. The summed E-state index contributed by atoms with van der Waals surface area (Å²) in [6.07, 6.45) is 0. The average Bonchev–Trinajstić information content (AvgIpc) is 2.30. The molecule has 5 nitrogen and oxygen atoms in total. The Balaban J connectivity index is 2.77. The molecule has 0 unspecified atom stereocenters. The fourth-order valence-corrected chi connectivity index (χ4v) is 2.08. The molecule has 0 saturated carbocycles. The number of methoxy groups -OCH3 is 1. The summed E-state index contributed by atoms with van der Waals surface area (Å²) in [5, 5.41) is 0.000249. The number of nitrogens with one attached hydrogen (secondary N) is 1. The van der Waals surface area contributed by atoms with E-state index in [0.717, 1.165) is 10.6 Å². The SMILES string of the molecule is COc1ccc(Br)c(-n2c(=O)cc(Cl)[nH]c2=O)c1. The van der Waals surface area contributed by atoms with E-state index in [1.165, 1.54) is 7.11 Å². The molecule has 0 saturated heterocycles. The van der Waals surface area contributed by atoms with Gasteiger partial charge in [-0.3, -0.25) is 9.78 Å². The number of hydrogen-bond acceptors (Lipinski definition) is 3. The molecule has 18 heavy (non-hydrogen) atoms. The first-order chi connectivity index (χ1) is 8.52. The van der Waals surface area contributed by atoms with Crippen LogP contribution in [0.2, 0.25) is 5.15 Å². The fraction of sp³-hybridized carbons (Fsp3) is 0.0909. The second-order valence-corrected chi connectivity index (χ2v) is 4.67. The minimum Gasteiger partial charge on any atom is -0.497 e. The van der Waals surface area contributed by atoms with Gasteiger partial charge in [-0.25, -0.2) is 9.36 Å². The molecule has 0 aliphatic heterocycles. The number of halogens is 2. The summed E-state index contributed by atoms with van der Waals surface area (Å²) < 4.78 is 6.63. The number of aromatic amines is 1. The van der Waals surface area contributed by atoms with Gasteiger partial charge in [-0.2, -0.15) is 0 Å². The van der Waals surface area contributed by atoms with Crippen LogP contribution in [0.3, 0.4) is 0 Å². The molecule has 0 aliphatic rings. The van der Waals surface area contributed by atoms with Gasteiger partial charge in [0.15, 0.2) is 0 Å². The van der Waals surface area contributed by atoms with Crippen molar-refractivity contribution in [1.29, 1.82) is 0 Å². The van der Waals surface area contributed by atoms with Crippen molar-refractivity contribution in [3.05, 3.63) is 54.7 Å². The van der Waals surface area contributed by atoms with E-state index in [9.17, 15) is 9.59 Å². The highest BCUT2D eigenvalue weighted by atomic mass is 79.9. The van der Waals surface area contributed by atoms with Gasteiger partial charge < -0.3 is 4.74 Å². The Bertz CT molecular complexity index is 677. The van der Waals surface area contributed by atoms with Crippen molar-refractivity contribution in [2.75, 3.05) is 7.11 Å². The first-order valence-electron chi connectivity index (χ1n) is 4.88. The molecule has 0 amide bonds. The van der Waals surface area contributed by atoms with E-state index >= 15 is 0 Å². The number of benzene rings is 1. The van der Waals surface area contributed by atoms with Crippen molar-refractivity contribution in [3.8, 4) is 11.4 Å². The summed E-state index contributed by atoms with van der Waals surface area (Å²) in [4.78, 5) is 25.9. The van der Waals surface area contributed by atoms with Gasteiger partial charge in [0.25, 0.3) is 5.56 Å². The molecule has 0 bridgehead atoms. The van der Waals surface area contributed by atoms with Crippen molar-refractivity contribution < 1.29 is 4.74 Å². The van der Waals surface area contributed by atoms with Crippen molar-refractivity contribution in [3.63, 3.8) is 0 Å². The lowest BCUT2D eigenvalue weighted by atomic mass is 10.3. The van der Waals surface area contributed by atoms with E-state index in [1.807, 2.05) is 0 Å². The maximum absolute atomic E-state index is 11.8. The maximum atomic E-state index is 11.8. The molecule has 1 heterocycles. The quantitative estimate of drug-likeness (QED) is 0.856. The van der Waals surface area contributed by atoms with E-state index in [2.05, 4.69) is 20.9 Å². The van der Waals surface area contributed by atoms with E-state index in [1.54, 1.807) is 18.2 Å². The zero-order valence-corrected chi connectivity index (χ0v) is 11.6. The predicted octanol–water partition coefficient (Wildman–Crippen LogP) is 1.95. The topological polar surface area (TPSA) is 64.1 Å². The molecule has 1 aromatic carbocycles. The lowest BCUT2D eigenvalue weighted by Gasteiger charge is -2.08. The Morgan fingerprint density at radius 3 is 2.67 bits per heavy atom. The van der Waals surface area contributed by atoms with Crippen LogP contribution in [-0.4, -0.2) is 16.7 Å². The van der Waals surface area contributed by atoms with Gasteiger partial charge in [-0.15, -0.1) is 0 Å². The number of aromatic nitrogens is 2. The van der Waals surface area contributed by atoms with E-state index in [4.69, 9.17) is 16.3 Å². The lowest BCUT2D eigenvalue weighted by Crippen LogP contribution is -2.33. The van der Waals surface area contributed by atoms with E-state index in [0.29, 0.717) is 15.9 Å². The van der Waals surface area contributed by atoms with Crippen LogP contribution in [0.5, 0.6) is 5.75 Å². The number of H-pyrrole nitrogens is 1. The summed E-state index contributed by atoms with van der Waals surface area (Å²) in [7, 11) is 1.50. The predicted molar refractivity (Wildman–Crippen MR) is 71.9 cm³/mol. The van der Waals surface area contributed by atoms with Gasteiger partial charge in [-0.1, -0.05) is 11.6 Å². The summed E-state index contributed by atoms with van der Waals surface area (Å²) >= 11 is 8.88. The third-order valence-electron chi connectivity index (χ3n) is 2.29. The fourth-order valence-electron chi connectivity index (χ4n) is 1.49. The molecule has 0 aliphatic carbocycles. The minimum absolute atomic E-state index is 0.000249. The highest BCUT2D eigenvalue weighted by Crippen LogP contribution is 2.24. The zero-order chi connectivity index (χ0) is 13.3. The molecule has 0 atom stereocenters. The molecule has 1 aromatic heterocycles. The van der Waals surface area contributed by atoms with Gasteiger partial charge in [0.05, 0.1) is 12.8 Å². The van der Waals surface area contributed by atoms with Crippen LogP contribution in [0.15, 0.2) is 38.3 Å². The van der Waals surface area contributed by atoms with Crippen LogP contribution in [0.25, 0.3) is 5.69 Å². The van der Waals surface area contributed by atoms with Crippen molar-refractivity contribution in [2.24, 2.45) is 0 Å². The third-order valence-corrected chi connectivity index (χ3v) is 3.17. The highest BCUT2D eigenvalue weighted by Gasteiger charge is 2.10. The molecule has 2 rings (SSSR count). The molecule has 0 spiro atoms. The summed E-state index contributed by atoms with van der Waals surface area (Å²) in [5.41, 5.74) is -0.739. The van der Waals surface area contributed by atoms with Crippen molar-refractivity contribution in [2.45, 2.75) is 0 Å². The van der Waals surface area contributed by atoms with Crippen LogP contribution >= 0.6 is 27.5 Å². The normalized spacial score (nSPS) is 10.4. The molecule has 2 aromatic rings. The van der Waals surface area contributed by atoms with Crippen LogP contribution in [0.1, 0.15) is 0 Å². The number of rotatable bonds is 2. The zero-order valence-electron chi connectivity index (χ0n) is 9.24. The first-order valence-corrected chi connectivity index (χ1v) is 6.06. The number of ether oxygens (including phenoxy) is 1. The number of nitrogens with zero attached hydrogens (tertiary/aromatic N) is 1. The van der Waals surface area contributed by atoms with Gasteiger partial charge in [0.1, 0.15) is 10.9 Å². The summed E-state index contributed by atoms with van der Waals surface area (Å²) in [6, 6.07) is 6.11. The lowest BCUT2D eigenvalue weighted by molar-refractivity contribution is 0.414. The largest absolute Gasteiger partial charge is 0.497 e. The maximum Gasteiger partial charge on any atom is 0.334 e. The number of hydrogen-bond donors (Lipinski definition) is 1. The van der Waals surface area contributed by atoms with Crippen molar-refractivity contribution in [1.82, 2.24) is 9.55 Å². The first kappa shape index (κ1) is 12.9. The van der Waals surface area contributed by atoms with Crippen LogP contribution in [-0.2, 0) is 0 Å². The molecular formula is C11H8BrClN2O3. The summed E-state index contributed by atoms with van der Waals surface area (Å²) in [5.74, 6) is 0.537. The van der Waals surface area contributed by atoms with Gasteiger partial charge in [0, 0.05) is 16.6 Å². The van der Waals surface area contributed by atoms with Gasteiger partial charge >= 0.3 is 5.69 Å². The second kappa shape index (κ2) is 4.99. The molecule has 7 heteroatoms. The van der Waals surface area contributed by atoms with Crippen molar-refractivity contribution >= 4 is 27.5 Å². The molecular weight excluding hydrogens is 323 g/mol. The average molecular weight is 332 g/mol. The smallest absolute Gasteiger partial charge is 0.334 e. The van der Waals surface area contributed by atoms with Crippen LogP contribution in [0.4, 0.5) is 0 Å². The molecule has 1 N–H and O–H groups in total. The Kier molecular flexibility index (Phi) is 3.58. The standard InChI is InChI=1S/C11H8BrClN2O3/c1-18-6-2-3-7(12)8(4-6)15-10(16)5-9(13)14-11(15)17/h2-5H,1H3,(H,14,17). The Morgan fingerprint density at radius 1 is 1.33 bits per heavy atom. The highest BCUT2D eigenvalue weighted by molar-refractivity contribution is 9.10. The van der Waals surface area contributed by atoms with Crippen LogP contribution in [0, 0.1) is 0 Å². The Morgan fingerprint density at radius 2 is 2.06 bits per heavy atom. The third kappa shape index (κ3) is 2.34.